The van der Waals surface area contributed by atoms with Gasteiger partial charge in [0.2, 0.25) is 0 Å². The second kappa shape index (κ2) is 6.72. The third kappa shape index (κ3) is 3.33. The molecule has 0 spiro atoms. The van der Waals surface area contributed by atoms with Crippen molar-refractivity contribution in [2.24, 2.45) is 0 Å². The Morgan fingerprint density at radius 2 is 1.80 bits per heavy atom. The van der Waals surface area contributed by atoms with Gasteiger partial charge >= 0.3 is 0 Å². The van der Waals surface area contributed by atoms with Crippen LogP contribution in [0.25, 0.3) is 0 Å². The first-order valence-corrected chi connectivity index (χ1v) is 6.38. The third-order valence-corrected chi connectivity index (χ3v) is 3.91. The minimum absolute atomic E-state index is 0. The largest absolute Gasteiger partial charge is 0.315 e. The van der Waals surface area contributed by atoms with Crippen LogP contribution in [0, 0.1) is 0 Å². The van der Waals surface area contributed by atoms with E-state index in [9.17, 15) is 0 Å². The zero-order chi connectivity index (χ0) is 9.80. The van der Waals surface area contributed by atoms with Gasteiger partial charge in [0.1, 0.15) is 0 Å². The number of hydrogen-bond donors (Lipinski definition) is 1. The van der Waals surface area contributed by atoms with Gasteiger partial charge in [-0.25, -0.2) is 0 Å². The molecule has 0 aromatic rings. The summed E-state index contributed by atoms with van der Waals surface area (Å²) in [5.41, 5.74) is 0. The Bertz CT molecular complexity index is 163. The maximum atomic E-state index is 3.48. The average molecular weight is 233 g/mol. The average Bonchev–Trinajstić information content (AvgIpc) is 2.74. The molecule has 2 nitrogen and oxygen atoms in total. The number of nitrogens with zero attached hydrogens (tertiary/aromatic N) is 1. The van der Waals surface area contributed by atoms with Crippen LogP contribution in [0.5, 0.6) is 0 Å². The van der Waals surface area contributed by atoms with Gasteiger partial charge in [0.05, 0.1) is 0 Å². The first kappa shape index (κ1) is 13.3. The van der Waals surface area contributed by atoms with E-state index in [1.807, 2.05) is 0 Å². The van der Waals surface area contributed by atoms with Crippen molar-refractivity contribution < 1.29 is 0 Å². The van der Waals surface area contributed by atoms with Crippen molar-refractivity contribution >= 4 is 12.4 Å². The molecule has 0 aromatic carbocycles. The normalized spacial score (nSPS) is 28.0. The molecular weight excluding hydrogens is 208 g/mol. The van der Waals surface area contributed by atoms with Gasteiger partial charge < -0.3 is 5.32 Å². The molecule has 90 valence electrons. The number of likely N-dealkylation sites (N-methyl/N-ethyl adjacent to an activating group) is 1. The van der Waals surface area contributed by atoms with Gasteiger partial charge in [0.25, 0.3) is 0 Å². The summed E-state index contributed by atoms with van der Waals surface area (Å²) < 4.78 is 0. The second-order valence-electron chi connectivity index (χ2n) is 4.77. The Balaban J connectivity index is 0.00000112. The molecule has 2 rings (SSSR count). The van der Waals surface area contributed by atoms with Crippen LogP contribution in [0.2, 0.25) is 0 Å². The van der Waals surface area contributed by atoms with E-state index in [2.05, 4.69) is 17.1 Å². The summed E-state index contributed by atoms with van der Waals surface area (Å²) in [6.45, 7) is 6.03. The van der Waals surface area contributed by atoms with Gasteiger partial charge in [-0.3, -0.25) is 4.90 Å². The van der Waals surface area contributed by atoms with Crippen LogP contribution < -0.4 is 5.32 Å². The molecule has 1 atom stereocenters. The molecule has 1 aliphatic heterocycles. The number of hydrogen-bond acceptors (Lipinski definition) is 2. The summed E-state index contributed by atoms with van der Waals surface area (Å²) in [5.74, 6) is 0. The smallest absolute Gasteiger partial charge is 0.0235 e. The highest BCUT2D eigenvalue weighted by Gasteiger charge is 2.27. The van der Waals surface area contributed by atoms with E-state index in [1.54, 1.807) is 0 Å². The monoisotopic (exact) mass is 232 g/mol. The highest BCUT2D eigenvalue weighted by molar-refractivity contribution is 5.85. The van der Waals surface area contributed by atoms with Crippen LogP contribution in [0.1, 0.15) is 45.4 Å². The highest BCUT2D eigenvalue weighted by atomic mass is 35.5. The van der Waals surface area contributed by atoms with Gasteiger partial charge in [-0.15, -0.1) is 12.4 Å². The molecule has 1 heterocycles. The van der Waals surface area contributed by atoms with Crippen molar-refractivity contribution in [3.63, 3.8) is 0 Å². The fourth-order valence-electron chi connectivity index (χ4n) is 3.15. The molecule has 1 aliphatic carbocycles. The van der Waals surface area contributed by atoms with Crippen LogP contribution in [0.4, 0.5) is 0 Å². The Morgan fingerprint density at radius 3 is 2.33 bits per heavy atom. The summed E-state index contributed by atoms with van der Waals surface area (Å²) in [7, 11) is 0. The Kier molecular flexibility index (Phi) is 5.95. The fourth-order valence-corrected chi connectivity index (χ4v) is 3.15. The second-order valence-corrected chi connectivity index (χ2v) is 4.77. The van der Waals surface area contributed by atoms with Crippen LogP contribution in [0.3, 0.4) is 0 Å². The molecular formula is C12H25ClN2. The van der Waals surface area contributed by atoms with Crippen LogP contribution >= 0.6 is 12.4 Å². The first-order chi connectivity index (χ1) is 6.92. The van der Waals surface area contributed by atoms with Crippen molar-refractivity contribution in [1.29, 1.82) is 0 Å². The molecule has 0 radical (unpaired) electrons. The van der Waals surface area contributed by atoms with Gasteiger partial charge in [0.15, 0.2) is 0 Å². The molecule has 1 unspecified atom stereocenters. The van der Waals surface area contributed by atoms with Crippen molar-refractivity contribution in [1.82, 2.24) is 10.2 Å². The van der Waals surface area contributed by atoms with Crippen LogP contribution in [0.15, 0.2) is 0 Å². The third-order valence-electron chi connectivity index (χ3n) is 3.91. The maximum absolute atomic E-state index is 3.48. The summed E-state index contributed by atoms with van der Waals surface area (Å²) in [6, 6.07) is 1.74. The first-order valence-electron chi connectivity index (χ1n) is 6.38. The summed E-state index contributed by atoms with van der Waals surface area (Å²) in [4.78, 5) is 2.76. The van der Waals surface area contributed by atoms with E-state index in [4.69, 9.17) is 0 Å². The zero-order valence-electron chi connectivity index (χ0n) is 9.87. The number of halogens is 1. The quantitative estimate of drug-likeness (QED) is 0.804. The lowest BCUT2D eigenvalue weighted by atomic mass is 9.93. The van der Waals surface area contributed by atoms with Crippen molar-refractivity contribution in [3.05, 3.63) is 0 Å². The van der Waals surface area contributed by atoms with Crippen molar-refractivity contribution in [2.75, 3.05) is 19.6 Å². The SMILES string of the molecule is CCN(C1CCCCC1)C1CCNC1.Cl. The predicted octanol–water partition coefficient (Wildman–Crippen LogP) is 2.42. The summed E-state index contributed by atoms with van der Waals surface area (Å²) >= 11 is 0. The molecule has 1 N–H and O–H groups in total. The van der Waals surface area contributed by atoms with Gasteiger partial charge in [0, 0.05) is 18.6 Å². The number of nitrogens with one attached hydrogen (secondary N) is 1. The van der Waals surface area contributed by atoms with Gasteiger partial charge in [-0.2, -0.15) is 0 Å². The fraction of sp³-hybridized carbons (Fsp3) is 1.00. The van der Waals surface area contributed by atoms with E-state index < -0.39 is 0 Å². The number of rotatable bonds is 3. The Hall–Kier alpha value is 0.210. The van der Waals surface area contributed by atoms with E-state index in [0.29, 0.717) is 0 Å². The lowest BCUT2D eigenvalue weighted by Gasteiger charge is -2.37. The zero-order valence-corrected chi connectivity index (χ0v) is 10.7. The molecule has 1 saturated carbocycles. The Labute approximate surface area is 100 Å². The predicted molar refractivity (Wildman–Crippen MR) is 67.8 cm³/mol. The van der Waals surface area contributed by atoms with Crippen LogP contribution in [-0.4, -0.2) is 36.6 Å². The standard InChI is InChI=1S/C12H24N2.ClH/c1-2-14(12-8-9-13-10-12)11-6-4-3-5-7-11;/h11-13H,2-10H2,1H3;1H. The summed E-state index contributed by atoms with van der Waals surface area (Å²) in [5, 5.41) is 3.48. The summed E-state index contributed by atoms with van der Waals surface area (Å²) in [6.07, 6.45) is 8.65. The van der Waals surface area contributed by atoms with E-state index in [1.165, 1.54) is 58.2 Å². The molecule has 3 heteroatoms. The Morgan fingerprint density at radius 1 is 1.07 bits per heavy atom. The molecule has 15 heavy (non-hydrogen) atoms. The van der Waals surface area contributed by atoms with E-state index >= 15 is 0 Å². The molecule has 1 saturated heterocycles. The minimum Gasteiger partial charge on any atom is -0.315 e. The van der Waals surface area contributed by atoms with Crippen molar-refractivity contribution in [3.8, 4) is 0 Å². The molecule has 2 fully saturated rings. The molecule has 0 bridgehead atoms. The lowest BCUT2D eigenvalue weighted by molar-refractivity contribution is 0.119. The lowest BCUT2D eigenvalue weighted by Crippen LogP contribution is -2.45. The van der Waals surface area contributed by atoms with Gasteiger partial charge in [-0.05, 0) is 32.4 Å². The molecule has 2 aliphatic rings. The maximum Gasteiger partial charge on any atom is 0.0235 e. The highest BCUT2D eigenvalue weighted by Crippen LogP contribution is 2.25. The van der Waals surface area contributed by atoms with Crippen molar-refractivity contribution in [2.45, 2.75) is 57.5 Å². The van der Waals surface area contributed by atoms with E-state index in [0.717, 1.165) is 12.1 Å². The van der Waals surface area contributed by atoms with Crippen LogP contribution in [-0.2, 0) is 0 Å². The minimum atomic E-state index is 0. The topological polar surface area (TPSA) is 15.3 Å². The molecule has 0 amide bonds. The van der Waals surface area contributed by atoms with Gasteiger partial charge in [-0.1, -0.05) is 26.2 Å². The molecule has 0 aromatic heterocycles. The van der Waals surface area contributed by atoms with E-state index in [-0.39, 0.29) is 12.4 Å².